The lowest BCUT2D eigenvalue weighted by Gasteiger charge is -2.15. The predicted octanol–water partition coefficient (Wildman–Crippen LogP) is 3.31. The Morgan fingerprint density at radius 2 is 2.17 bits per heavy atom. The molecule has 1 amide bonds. The summed E-state index contributed by atoms with van der Waals surface area (Å²) in [7, 11) is -1.08. The standard InChI is InChI=1S/C15H24N4O3Si/c1-5-22-15(20)18-13-10-16-14-12(17-13)6-7-19(14)11-21-8-9-23(2,3)4/h6-7,10H,5,8-9,11H2,1-4H3,(H,17,18,20). The van der Waals surface area contributed by atoms with Gasteiger partial charge in [-0.1, -0.05) is 19.6 Å². The number of rotatable bonds is 7. The topological polar surface area (TPSA) is 78.3 Å². The van der Waals surface area contributed by atoms with Crippen molar-refractivity contribution in [3.05, 3.63) is 18.5 Å². The second-order valence-corrected chi connectivity index (χ2v) is 12.1. The maximum Gasteiger partial charge on any atom is 0.412 e. The van der Waals surface area contributed by atoms with Crippen LogP contribution in [0.3, 0.4) is 0 Å². The van der Waals surface area contributed by atoms with Gasteiger partial charge in [0.2, 0.25) is 0 Å². The van der Waals surface area contributed by atoms with Crippen LogP contribution < -0.4 is 5.32 Å². The number of fused-ring (bicyclic) bond motifs is 1. The van der Waals surface area contributed by atoms with Crippen LogP contribution in [0.2, 0.25) is 25.7 Å². The molecule has 0 bridgehead atoms. The molecule has 0 spiro atoms. The number of ether oxygens (including phenoxy) is 2. The third kappa shape index (κ3) is 5.33. The Bertz CT molecular complexity index is 666. The third-order valence-electron chi connectivity index (χ3n) is 3.20. The van der Waals surface area contributed by atoms with Crippen LogP contribution in [0.5, 0.6) is 0 Å². The average Bonchev–Trinajstić information content (AvgIpc) is 2.85. The van der Waals surface area contributed by atoms with Gasteiger partial charge >= 0.3 is 6.09 Å². The molecule has 0 aliphatic heterocycles. The molecule has 1 N–H and O–H groups in total. The number of hydrogen-bond donors (Lipinski definition) is 1. The molecular formula is C15H24N4O3Si. The van der Waals surface area contributed by atoms with Crippen LogP contribution in [-0.2, 0) is 16.2 Å². The summed E-state index contributed by atoms with van der Waals surface area (Å²) in [4.78, 5) is 20.1. The lowest BCUT2D eigenvalue weighted by molar-refractivity contribution is 0.0899. The SMILES string of the molecule is CCOC(=O)Nc1cnc2c(ccn2COCC[Si](C)(C)C)n1. The van der Waals surface area contributed by atoms with E-state index in [4.69, 9.17) is 9.47 Å². The monoisotopic (exact) mass is 336 g/mol. The summed E-state index contributed by atoms with van der Waals surface area (Å²) >= 11 is 0. The van der Waals surface area contributed by atoms with Crippen molar-refractivity contribution in [2.24, 2.45) is 0 Å². The van der Waals surface area contributed by atoms with Gasteiger partial charge < -0.3 is 14.0 Å². The lowest BCUT2D eigenvalue weighted by atomic mass is 10.5. The first-order chi connectivity index (χ1) is 10.9. The van der Waals surface area contributed by atoms with E-state index in [0.717, 1.165) is 18.3 Å². The molecule has 2 rings (SSSR count). The van der Waals surface area contributed by atoms with Gasteiger partial charge in [0, 0.05) is 20.9 Å². The first-order valence-electron chi connectivity index (χ1n) is 7.72. The predicted molar refractivity (Wildman–Crippen MR) is 92.3 cm³/mol. The highest BCUT2D eigenvalue weighted by Gasteiger charge is 2.12. The maximum atomic E-state index is 11.4. The zero-order valence-corrected chi connectivity index (χ0v) is 15.1. The minimum atomic E-state index is -1.08. The molecule has 0 aliphatic rings. The molecule has 0 saturated heterocycles. The normalized spacial score (nSPS) is 11.7. The average molecular weight is 336 g/mol. The van der Waals surface area contributed by atoms with Gasteiger partial charge in [0.1, 0.15) is 12.2 Å². The van der Waals surface area contributed by atoms with Gasteiger partial charge in [-0.3, -0.25) is 5.32 Å². The summed E-state index contributed by atoms with van der Waals surface area (Å²) in [5.74, 6) is 0.369. The zero-order chi connectivity index (χ0) is 16.9. The quantitative estimate of drug-likeness (QED) is 0.620. The Morgan fingerprint density at radius 3 is 2.87 bits per heavy atom. The summed E-state index contributed by atoms with van der Waals surface area (Å²) in [6.45, 7) is 10.2. The summed E-state index contributed by atoms with van der Waals surface area (Å²) < 4.78 is 12.4. The molecule has 8 heteroatoms. The molecule has 0 atom stereocenters. The number of hydrogen-bond acceptors (Lipinski definition) is 5. The number of amides is 1. The van der Waals surface area contributed by atoms with Crippen LogP contribution in [0.25, 0.3) is 11.2 Å². The van der Waals surface area contributed by atoms with Gasteiger partial charge in [0.15, 0.2) is 11.5 Å². The highest BCUT2D eigenvalue weighted by molar-refractivity contribution is 6.76. The number of nitrogens with zero attached hydrogens (tertiary/aromatic N) is 3. The number of carbonyl (C=O) groups is 1. The summed E-state index contributed by atoms with van der Waals surface area (Å²) in [5, 5.41) is 2.54. The minimum absolute atomic E-state index is 0.312. The lowest BCUT2D eigenvalue weighted by Crippen LogP contribution is -2.22. The molecule has 2 aromatic rings. The van der Waals surface area contributed by atoms with Gasteiger partial charge in [-0.05, 0) is 19.0 Å². The highest BCUT2D eigenvalue weighted by atomic mass is 28.3. The number of carbonyl (C=O) groups excluding carboxylic acids is 1. The van der Waals surface area contributed by atoms with E-state index < -0.39 is 14.2 Å². The zero-order valence-electron chi connectivity index (χ0n) is 14.1. The van der Waals surface area contributed by atoms with Crippen molar-refractivity contribution in [3.63, 3.8) is 0 Å². The summed E-state index contributed by atoms with van der Waals surface area (Å²) in [5.41, 5.74) is 1.43. The molecule has 0 fully saturated rings. The number of nitrogens with one attached hydrogen (secondary N) is 1. The first kappa shape index (κ1) is 17.4. The van der Waals surface area contributed by atoms with Crippen molar-refractivity contribution in [2.75, 3.05) is 18.5 Å². The van der Waals surface area contributed by atoms with Gasteiger partial charge in [-0.2, -0.15) is 0 Å². The Labute approximate surface area is 137 Å². The smallest absolute Gasteiger partial charge is 0.412 e. The van der Waals surface area contributed by atoms with Crippen LogP contribution in [-0.4, -0.2) is 41.9 Å². The number of anilines is 1. The fourth-order valence-electron chi connectivity index (χ4n) is 1.94. The minimum Gasteiger partial charge on any atom is -0.450 e. The van der Waals surface area contributed by atoms with Crippen LogP contribution in [0.15, 0.2) is 18.5 Å². The van der Waals surface area contributed by atoms with Crippen molar-refractivity contribution >= 4 is 31.1 Å². The molecule has 0 unspecified atom stereocenters. The molecule has 7 nitrogen and oxygen atoms in total. The third-order valence-corrected chi connectivity index (χ3v) is 4.90. The number of aromatic nitrogens is 3. The molecule has 0 aliphatic carbocycles. The largest absolute Gasteiger partial charge is 0.450 e. The van der Waals surface area contributed by atoms with E-state index in [1.165, 1.54) is 6.20 Å². The van der Waals surface area contributed by atoms with E-state index in [2.05, 4.69) is 34.9 Å². The first-order valence-corrected chi connectivity index (χ1v) is 11.4. The second kappa shape index (κ2) is 7.56. The fraction of sp³-hybridized carbons (Fsp3) is 0.533. The van der Waals surface area contributed by atoms with Crippen molar-refractivity contribution in [1.82, 2.24) is 14.5 Å². The molecule has 126 valence electrons. The van der Waals surface area contributed by atoms with Crippen LogP contribution in [0.4, 0.5) is 10.6 Å². The molecule has 0 radical (unpaired) electrons. The summed E-state index contributed by atoms with van der Waals surface area (Å²) in [6.07, 6.45) is 2.86. The van der Waals surface area contributed by atoms with E-state index in [1.807, 2.05) is 16.8 Å². The van der Waals surface area contributed by atoms with Gasteiger partial charge in [0.25, 0.3) is 0 Å². The molecule has 0 aromatic carbocycles. The van der Waals surface area contributed by atoms with Gasteiger partial charge in [0.05, 0.1) is 12.8 Å². The Kier molecular flexibility index (Phi) is 5.73. The maximum absolute atomic E-state index is 11.4. The van der Waals surface area contributed by atoms with Crippen molar-refractivity contribution in [3.8, 4) is 0 Å². The molecule has 0 saturated carbocycles. The Morgan fingerprint density at radius 1 is 1.39 bits per heavy atom. The summed E-state index contributed by atoms with van der Waals surface area (Å²) in [6, 6.07) is 2.98. The molecule has 23 heavy (non-hydrogen) atoms. The van der Waals surface area contributed by atoms with Crippen molar-refractivity contribution < 1.29 is 14.3 Å². The van der Waals surface area contributed by atoms with Crippen LogP contribution in [0.1, 0.15) is 6.92 Å². The molecular weight excluding hydrogens is 312 g/mol. The van der Waals surface area contributed by atoms with E-state index >= 15 is 0 Å². The fourth-order valence-corrected chi connectivity index (χ4v) is 2.70. The Hall–Kier alpha value is -1.93. The van der Waals surface area contributed by atoms with Gasteiger partial charge in [-0.25, -0.2) is 14.8 Å². The van der Waals surface area contributed by atoms with Crippen molar-refractivity contribution in [2.45, 2.75) is 39.3 Å². The molecule has 2 aromatic heterocycles. The van der Waals surface area contributed by atoms with E-state index in [0.29, 0.717) is 24.7 Å². The van der Waals surface area contributed by atoms with Crippen LogP contribution >= 0.6 is 0 Å². The van der Waals surface area contributed by atoms with E-state index in [9.17, 15) is 4.79 Å². The van der Waals surface area contributed by atoms with E-state index in [1.54, 1.807) is 6.92 Å². The van der Waals surface area contributed by atoms with E-state index in [-0.39, 0.29) is 0 Å². The molecule has 2 heterocycles. The second-order valence-electron chi connectivity index (χ2n) is 6.44. The highest BCUT2D eigenvalue weighted by Crippen LogP contribution is 2.14. The van der Waals surface area contributed by atoms with Crippen molar-refractivity contribution in [1.29, 1.82) is 0 Å². The Balaban J connectivity index is 1.97. The van der Waals surface area contributed by atoms with Gasteiger partial charge in [-0.15, -0.1) is 0 Å². The van der Waals surface area contributed by atoms with Crippen LogP contribution in [0, 0.1) is 0 Å².